The predicted molar refractivity (Wildman–Crippen MR) is 60.2 cm³/mol. The second kappa shape index (κ2) is 3.51. The van der Waals surface area contributed by atoms with E-state index in [9.17, 15) is 0 Å². The third-order valence-electron chi connectivity index (χ3n) is 4.53. The van der Waals surface area contributed by atoms with Crippen LogP contribution in [0.1, 0.15) is 38.5 Å². The maximum Gasteiger partial charge on any atom is 0.109 e. The Bertz CT molecular complexity index is 236. The molecule has 0 heterocycles. The Morgan fingerprint density at radius 1 is 1.07 bits per heavy atom. The molecule has 0 unspecified atom stereocenters. The van der Waals surface area contributed by atoms with Gasteiger partial charge in [0.2, 0.25) is 0 Å². The van der Waals surface area contributed by atoms with E-state index in [1.54, 1.807) is 0 Å². The first-order valence-electron chi connectivity index (χ1n) is 6.32. The zero-order chi connectivity index (χ0) is 10.3. The van der Waals surface area contributed by atoms with Crippen molar-refractivity contribution in [3.63, 3.8) is 0 Å². The summed E-state index contributed by atoms with van der Waals surface area (Å²) in [5, 5.41) is 0. The topological polar surface area (TPSA) is 35.2 Å². The molecule has 2 heteroatoms. The van der Waals surface area contributed by atoms with Crippen LogP contribution in [0.3, 0.4) is 0 Å². The second-order valence-corrected chi connectivity index (χ2v) is 5.83. The van der Waals surface area contributed by atoms with E-state index in [2.05, 4.69) is 0 Å². The van der Waals surface area contributed by atoms with Crippen LogP contribution >= 0.6 is 0 Å². The second-order valence-electron chi connectivity index (χ2n) is 5.83. The molecule has 15 heavy (non-hydrogen) atoms. The van der Waals surface area contributed by atoms with Crippen LogP contribution in [0.2, 0.25) is 0 Å². The Balaban J connectivity index is 1.72. The van der Waals surface area contributed by atoms with Crippen LogP contribution in [0.5, 0.6) is 0 Å². The molecule has 4 bridgehead atoms. The van der Waals surface area contributed by atoms with E-state index in [0.29, 0.717) is 6.54 Å². The van der Waals surface area contributed by atoms with Gasteiger partial charge in [-0.2, -0.15) is 0 Å². The Morgan fingerprint density at radius 3 is 2.07 bits per heavy atom. The fourth-order valence-electron chi connectivity index (χ4n) is 4.42. The molecule has 0 aromatic carbocycles. The van der Waals surface area contributed by atoms with Gasteiger partial charge in [0.15, 0.2) is 0 Å². The largest absolute Gasteiger partial charge is 0.495 e. The standard InChI is InChI=1S/C13H21NO/c14-2-1-3-15-13-7-10-4-11(8-13)6-12(5-10)9-13/h1,3,10-12H,2,4-9,14H2. The van der Waals surface area contributed by atoms with E-state index in [1.165, 1.54) is 38.5 Å². The molecule has 0 aromatic rings. The summed E-state index contributed by atoms with van der Waals surface area (Å²) in [5.41, 5.74) is 5.65. The van der Waals surface area contributed by atoms with E-state index in [1.807, 2.05) is 12.3 Å². The van der Waals surface area contributed by atoms with E-state index in [-0.39, 0.29) is 5.60 Å². The average Bonchev–Trinajstić information content (AvgIpc) is 2.15. The van der Waals surface area contributed by atoms with Crippen LogP contribution in [-0.2, 0) is 4.74 Å². The van der Waals surface area contributed by atoms with E-state index >= 15 is 0 Å². The van der Waals surface area contributed by atoms with Crippen LogP contribution in [0.4, 0.5) is 0 Å². The molecule has 0 spiro atoms. The SMILES string of the molecule is NCC=COC12CC3CC(CC(C3)C1)C2. The quantitative estimate of drug-likeness (QED) is 0.721. The third kappa shape index (κ3) is 1.69. The van der Waals surface area contributed by atoms with Crippen molar-refractivity contribution < 1.29 is 4.74 Å². The summed E-state index contributed by atoms with van der Waals surface area (Å²) in [6.07, 6.45) is 12.1. The highest BCUT2D eigenvalue weighted by molar-refractivity contribution is 5.04. The number of hydrogen-bond donors (Lipinski definition) is 1. The number of rotatable bonds is 3. The molecule has 0 radical (unpaired) electrons. The van der Waals surface area contributed by atoms with Gasteiger partial charge >= 0.3 is 0 Å². The van der Waals surface area contributed by atoms with Gasteiger partial charge in [-0.3, -0.25) is 0 Å². The Labute approximate surface area is 91.9 Å². The van der Waals surface area contributed by atoms with Gasteiger partial charge in [-0.05, 0) is 62.4 Å². The lowest BCUT2D eigenvalue weighted by Crippen LogP contribution is -2.51. The smallest absolute Gasteiger partial charge is 0.109 e. The molecule has 0 aromatic heterocycles. The highest BCUT2D eigenvalue weighted by atomic mass is 16.5. The van der Waals surface area contributed by atoms with Gasteiger partial charge in [0, 0.05) is 6.54 Å². The normalized spacial score (nSPS) is 47.7. The average molecular weight is 207 g/mol. The minimum absolute atomic E-state index is 0.209. The van der Waals surface area contributed by atoms with Crippen molar-refractivity contribution in [3.05, 3.63) is 12.3 Å². The summed E-state index contributed by atoms with van der Waals surface area (Å²) in [6.45, 7) is 0.590. The van der Waals surface area contributed by atoms with Crippen molar-refractivity contribution in [1.29, 1.82) is 0 Å². The van der Waals surface area contributed by atoms with Crippen molar-refractivity contribution in [3.8, 4) is 0 Å². The van der Waals surface area contributed by atoms with E-state index in [4.69, 9.17) is 10.5 Å². The minimum Gasteiger partial charge on any atom is -0.495 e. The zero-order valence-corrected chi connectivity index (χ0v) is 9.32. The van der Waals surface area contributed by atoms with Gasteiger partial charge in [0.05, 0.1) is 6.26 Å². The fourth-order valence-corrected chi connectivity index (χ4v) is 4.42. The Kier molecular flexibility index (Phi) is 2.27. The fraction of sp³-hybridized carbons (Fsp3) is 0.846. The van der Waals surface area contributed by atoms with Gasteiger partial charge in [-0.1, -0.05) is 0 Å². The van der Waals surface area contributed by atoms with Crippen LogP contribution in [-0.4, -0.2) is 12.1 Å². The lowest BCUT2D eigenvalue weighted by atomic mass is 9.54. The molecule has 0 atom stereocenters. The molecule has 0 aliphatic heterocycles. The summed E-state index contributed by atoms with van der Waals surface area (Å²) in [4.78, 5) is 0. The first-order chi connectivity index (χ1) is 7.30. The highest BCUT2D eigenvalue weighted by Crippen LogP contribution is 2.57. The molecular formula is C13H21NO. The zero-order valence-electron chi connectivity index (χ0n) is 9.32. The molecule has 4 rings (SSSR count). The molecule has 84 valence electrons. The lowest BCUT2D eigenvalue weighted by Gasteiger charge is -2.55. The van der Waals surface area contributed by atoms with Crippen molar-refractivity contribution in [2.75, 3.05) is 6.54 Å². The van der Waals surface area contributed by atoms with E-state index < -0.39 is 0 Å². The predicted octanol–water partition coefficient (Wildman–Crippen LogP) is 2.44. The maximum absolute atomic E-state index is 6.02. The highest BCUT2D eigenvalue weighted by Gasteiger charge is 2.52. The molecule has 4 fully saturated rings. The van der Waals surface area contributed by atoms with Gasteiger partial charge in [-0.25, -0.2) is 0 Å². The van der Waals surface area contributed by atoms with Crippen LogP contribution in [0.15, 0.2) is 12.3 Å². The van der Waals surface area contributed by atoms with Crippen LogP contribution in [0, 0.1) is 17.8 Å². The summed E-state index contributed by atoms with van der Waals surface area (Å²) < 4.78 is 6.02. The molecule has 0 saturated heterocycles. The lowest BCUT2D eigenvalue weighted by molar-refractivity contribution is -0.130. The third-order valence-corrected chi connectivity index (χ3v) is 4.53. The summed E-state index contributed by atoms with van der Waals surface area (Å²) >= 11 is 0. The maximum atomic E-state index is 6.02. The molecular weight excluding hydrogens is 186 g/mol. The molecule has 2 N–H and O–H groups in total. The Hall–Kier alpha value is -0.500. The number of ether oxygens (including phenoxy) is 1. The molecule has 4 aliphatic rings. The van der Waals surface area contributed by atoms with Gasteiger partial charge in [0.25, 0.3) is 0 Å². The first-order valence-corrected chi connectivity index (χ1v) is 6.32. The van der Waals surface area contributed by atoms with Gasteiger partial charge in [-0.15, -0.1) is 0 Å². The number of hydrogen-bond acceptors (Lipinski definition) is 2. The van der Waals surface area contributed by atoms with Crippen LogP contribution in [0.25, 0.3) is 0 Å². The Morgan fingerprint density at radius 2 is 1.60 bits per heavy atom. The minimum atomic E-state index is 0.209. The van der Waals surface area contributed by atoms with Crippen molar-refractivity contribution in [2.45, 2.75) is 44.1 Å². The van der Waals surface area contributed by atoms with Crippen molar-refractivity contribution in [2.24, 2.45) is 23.5 Å². The van der Waals surface area contributed by atoms with Gasteiger partial charge < -0.3 is 10.5 Å². The van der Waals surface area contributed by atoms with Crippen molar-refractivity contribution in [1.82, 2.24) is 0 Å². The van der Waals surface area contributed by atoms with Gasteiger partial charge in [0.1, 0.15) is 5.60 Å². The van der Waals surface area contributed by atoms with E-state index in [0.717, 1.165) is 17.8 Å². The molecule has 2 nitrogen and oxygen atoms in total. The first kappa shape index (κ1) is 9.71. The molecule has 4 saturated carbocycles. The summed E-state index contributed by atoms with van der Waals surface area (Å²) in [6, 6.07) is 0. The monoisotopic (exact) mass is 207 g/mol. The summed E-state index contributed by atoms with van der Waals surface area (Å²) in [5.74, 6) is 2.88. The summed E-state index contributed by atoms with van der Waals surface area (Å²) in [7, 11) is 0. The molecule has 4 aliphatic carbocycles. The van der Waals surface area contributed by atoms with Crippen LogP contribution < -0.4 is 5.73 Å². The molecule has 0 amide bonds. The van der Waals surface area contributed by atoms with Crippen molar-refractivity contribution >= 4 is 0 Å². The number of nitrogens with two attached hydrogens (primary N) is 1.